The van der Waals surface area contributed by atoms with Gasteiger partial charge in [-0.2, -0.15) is 0 Å². The Morgan fingerprint density at radius 2 is 1.70 bits per heavy atom. The van der Waals surface area contributed by atoms with E-state index in [0.717, 1.165) is 22.4 Å². The molecule has 6 nitrogen and oxygen atoms in total. The molecule has 2 heterocycles. The summed E-state index contributed by atoms with van der Waals surface area (Å²) in [4.78, 5) is 27.7. The minimum Gasteiger partial charge on any atom is -0.487 e. The summed E-state index contributed by atoms with van der Waals surface area (Å²) in [5.41, 5.74) is 3.23. The van der Waals surface area contributed by atoms with Crippen molar-refractivity contribution in [2.45, 2.75) is 77.2 Å². The van der Waals surface area contributed by atoms with Crippen LogP contribution in [-0.4, -0.2) is 40.1 Å². The van der Waals surface area contributed by atoms with Crippen molar-refractivity contribution in [2.24, 2.45) is 11.8 Å². The van der Waals surface area contributed by atoms with E-state index in [0.29, 0.717) is 22.9 Å². The van der Waals surface area contributed by atoms with Crippen molar-refractivity contribution >= 4 is 35.1 Å². The van der Waals surface area contributed by atoms with Gasteiger partial charge in [0.2, 0.25) is 5.91 Å². The number of benzene rings is 3. The minimum absolute atomic E-state index is 0.0445. The third kappa shape index (κ3) is 7.03. The summed E-state index contributed by atoms with van der Waals surface area (Å²) in [6.45, 7) is 10.3. The van der Waals surface area contributed by atoms with Crippen LogP contribution in [-0.2, 0) is 32.7 Å². The zero-order valence-electron chi connectivity index (χ0n) is 25.3. The van der Waals surface area contributed by atoms with E-state index in [1.54, 1.807) is 12.1 Å². The molecule has 2 aliphatic rings. The van der Waals surface area contributed by atoms with E-state index < -0.39 is 30.1 Å². The molecular formula is C35H39Cl2NO5. The van der Waals surface area contributed by atoms with E-state index >= 15 is 0 Å². The normalized spacial score (nSPS) is 22.6. The molecule has 5 rings (SSSR count). The predicted octanol–water partition coefficient (Wildman–Crippen LogP) is 7.88. The summed E-state index contributed by atoms with van der Waals surface area (Å²) in [7, 11) is 0. The second-order valence-electron chi connectivity index (χ2n) is 13.3. The van der Waals surface area contributed by atoms with Crippen molar-refractivity contribution in [1.29, 1.82) is 0 Å². The van der Waals surface area contributed by atoms with Crippen molar-refractivity contribution in [3.05, 3.63) is 99.0 Å². The summed E-state index contributed by atoms with van der Waals surface area (Å²) in [5.74, 6) is -1.25. The molecule has 1 saturated heterocycles. The highest BCUT2D eigenvalue weighted by molar-refractivity contribution is 6.30. The number of rotatable bonds is 7. The lowest BCUT2D eigenvalue weighted by Gasteiger charge is -2.51. The monoisotopic (exact) mass is 623 g/mol. The van der Waals surface area contributed by atoms with Gasteiger partial charge in [-0.1, -0.05) is 80.4 Å². The standard InChI is InChI=1S/C35H39Cl2NO5/c1-34(2,3)23-11-14-26-30(17-23)43-35(4,5)28-18-27(29(42-32(26)28)16-22-7-6-8-25(37)15-22)33(41)38(20-31(39)40)19-21-9-12-24(36)13-10-21/h6-15,17,27-29,32H,16,18-20H2,1-5H3,(H,39,40)/t27-,28-,29-,32+/m1/s1. The van der Waals surface area contributed by atoms with Crippen LogP contribution in [0.5, 0.6) is 5.75 Å². The highest BCUT2D eigenvalue weighted by Crippen LogP contribution is 2.53. The fourth-order valence-corrected chi connectivity index (χ4v) is 6.65. The number of hydrogen-bond acceptors (Lipinski definition) is 4. The number of ether oxygens (including phenoxy) is 2. The van der Waals surface area contributed by atoms with Crippen LogP contribution in [0.25, 0.3) is 0 Å². The molecule has 1 fully saturated rings. The molecule has 0 aromatic heterocycles. The van der Waals surface area contributed by atoms with Gasteiger partial charge in [-0.05, 0) is 79.1 Å². The molecule has 4 atom stereocenters. The number of carboxylic acid groups (broad SMARTS) is 1. The number of hydrogen-bond donors (Lipinski definition) is 1. The van der Waals surface area contributed by atoms with Crippen LogP contribution in [0.15, 0.2) is 66.7 Å². The summed E-state index contributed by atoms with van der Waals surface area (Å²) in [6.07, 6.45) is 0.153. The molecule has 8 heteroatoms. The third-order valence-electron chi connectivity index (χ3n) is 8.66. The zero-order valence-corrected chi connectivity index (χ0v) is 26.8. The molecule has 1 amide bonds. The molecule has 43 heavy (non-hydrogen) atoms. The Labute approximate surface area is 263 Å². The van der Waals surface area contributed by atoms with Gasteiger partial charge in [-0.15, -0.1) is 0 Å². The number of fused-ring (bicyclic) bond motifs is 3. The maximum atomic E-state index is 14.3. The van der Waals surface area contributed by atoms with Gasteiger partial charge in [0, 0.05) is 28.1 Å². The third-order valence-corrected chi connectivity index (χ3v) is 9.15. The molecule has 3 aromatic carbocycles. The van der Waals surface area contributed by atoms with Gasteiger partial charge in [0.1, 0.15) is 17.9 Å². The second kappa shape index (κ2) is 12.1. The van der Waals surface area contributed by atoms with E-state index in [1.807, 2.05) is 50.2 Å². The Hall–Kier alpha value is -3.06. The molecule has 0 unspecified atom stereocenters. The fraction of sp³-hybridized carbons (Fsp3) is 0.429. The quantitative estimate of drug-likeness (QED) is 0.290. The number of carbonyl (C=O) groups is 2. The van der Waals surface area contributed by atoms with Crippen LogP contribution in [0, 0.1) is 11.8 Å². The highest BCUT2D eigenvalue weighted by Gasteiger charge is 2.52. The van der Waals surface area contributed by atoms with Crippen LogP contribution in [0.4, 0.5) is 0 Å². The summed E-state index contributed by atoms with van der Waals surface area (Å²) in [5, 5.41) is 10.9. The molecule has 0 radical (unpaired) electrons. The highest BCUT2D eigenvalue weighted by atomic mass is 35.5. The molecule has 228 valence electrons. The average molecular weight is 625 g/mol. The number of nitrogens with zero attached hydrogens (tertiary/aromatic N) is 1. The largest absolute Gasteiger partial charge is 0.487 e. The fourth-order valence-electron chi connectivity index (χ4n) is 6.31. The van der Waals surface area contributed by atoms with Crippen LogP contribution >= 0.6 is 23.2 Å². The van der Waals surface area contributed by atoms with Crippen molar-refractivity contribution in [3.8, 4) is 5.75 Å². The molecule has 2 aliphatic heterocycles. The molecular weight excluding hydrogens is 585 g/mol. The van der Waals surface area contributed by atoms with Gasteiger partial charge in [-0.25, -0.2) is 0 Å². The van der Waals surface area contributed by atoms with Crippen LogP contribution in [0.1, 0.15) is 69.4 Å². The molecule has 1 N–H and O–H groups in total. The first kappa shape index (κ1) is 31.4. The zero-order chi connectivity index (χ0) is 31.1. The molecule has 0 aliphatic carbocycles. The van der Waals surface area contributed by atoms with Crippen LogP contribution in [0.2, 0.25) is 10.0 Å². The smallest absolute Gasteiger partial charge is 0.323 e. The van der Waals surface area contributed by atoms with Gasteiger partial charge in [0.05, 0.1) is 18.1 Å². The summed E-state index contributed by atoms with van der Waals surface area (Å²) < 4.78 is 13.6. The Bertz CT molecular complexity index is 1500. The van der Waals surface area contributed by atoms with Gasteiger partial charge in [-0.3, -0.25) is 9.59 Å². The maximum absolute atomic E-state index is 14.3. The lowest BCUT2D eigenvalue weighted by molar-refractivity contribution is -0.184. The Kier molecular flexibility index (Phi) is 8.86. The van der Waals surface area contributed by atoms with E-state index in [4.69, 9.17) is 32.7 Å². The van der Waals surface area contributed by atoms with Gasteiger partial charge < -0.3 is 19.5 Å². The van der Waals surface area contributed by atoms with E-state index in [9.17, 15) is 14.7 Å². The first-order valence-electron chi connectivity index (χ1n) is 14.7. The lowest BCUT2D eigenvalue weighted by atomic mass is 9.70. The number of halogens is 2. The van der Waals surface area contributed by atoms with Crippen LogP contribution in [0.3, 0.4) is 0 Å². The van der Waals surface area contributed by atoms with Crippen molar-refractivity contribution < 1.29 is 24.2 Å². The SMILES string of the molecule is CC(C)(C)c1ccc2c(c1)OC(C)(C)[C@@H]1C[C@@H](C(=O)N(CC(=O)O)Cc3ccc(Cl)cc3)[C@@H](Cc3cccc(Cl)c3)O[C@@H]21. The van der Waals surface area contributed by atoms with Crippen molar-refractivity contribution in [2.75, 3.05) is 6.54 Å². The Morgan fingerprint density at radius 3 is 2.35 bits per heavy atom. The number of carbonyl (C=O) groups excluding carboxylic acids is 1. The van der Waals surface area contributed by atoms with E-state index in [-0.39, 0.29) is 29.9 Å². The first-order valence-corrected chi connectivity index (χ1v) is 15.5. The van der Waals surface area contributed by atoms with Crippen LogP contribution < -0.4 is 4.74 Å². The molecule has 0 spiro atoms. The van der Waals surface area contributed by atoms with Gasteiger partial charge >= 0.3 is 5.97 Å². The topological polar surface area (TPSA) is 76.1 Å². The minimum atomic E-state index is -1.08. The molecule has 0 saturated carbocycles. The lowest BCUT2D eigenvalue weighted by Crippen LogP contribution is -2.55. The second-order valence-corrected chi connectivity index (χ2v) is 14.2. The Balaban J connectivity index is 1.52. The van der Waals surface area contributed by atoms with Crippen molar-refractivity contribution in [1.82, 2.24) is 4.90 Å². The van der Waals surface area contributed by atoms with Gasteiger partial charge in [0.15, 0.2) is 0 Å². The summed E-state index contributed by atoms with van der Waals surface area (Å²) >= 11 is 12.4. The number of carboxylic acids is 1. The van der Waals surface area contributed by atoms with Crippen molar-refractivity contribution in [3.63, 3.8) is 0 Å². The van der Waals surface area contributed by atoms with Gasteiger partial charge in [0.25, 0.3) is 0 Å². The summed E-state index contributed by atoms with van der Waals surface area (Å²) in [6, 6.07) is 21.0. The van der Waals surface area contributed by atoms with E-state index in [1.165, 1.54) is 10.5 Å². The number of amides is 1. The maximum Gasteiger partial charge on any atom is 0.323 e. The molecule has 0 bridgehead atoms. The first-order chi connectivity index (χ1) is 20.2. The number of aliphatic carboxylic acids is 1. The predicted molar refractivity (Wildman–Crippen MR) is 169 cm³/mol. The molecule has 3 aromatic rings. The Morgan fingerprint density at radius 1 is 0.977 bits per heavy atom. The average Bonchev–Trinajstić information content (AvgIpc) is 2.92. The van der Waals surface area contributed by atoms with E-state index in [2.05, 4.69) is 39.0 Å².